The Hall–Kier alpha value is -1.06. The summed E-state index contributed by atoms with van der Waals surface area (Å²) in [5.41, 5.74) is 1.46. The summed E-state index contributed by atoms with van der Waals surface area (Å²) in [4.78, 5) is 0. The van der Waals surface area contributed by atoms with E-state index in [4.69, 9.17) is 9.47 Å². The van der Waals surface area contributed by atoms with E-state index in [1.54, 1.807) is 7.11 Å². The predicted octanol–water partition coefficient (Wildman–Crippen LogP) is 3.24. The number of benzene rings is 1. The van der Waals surface area contributed by atoms with E-state index in [1.807, 2.05) is 19.1 Å². The fourth-order valence-electron chi connectivity index (χ4n) is 1.95. The molecule has 0 unspecified atom stereocenters. The fourth-order valence-corrected chi connectivity index (χ4v) is 1.95. The number of methoxy groups -OCH3 is 1. The molecule has 0 fully saturated rings. The second-order valence-electron chi connectivity index (χ2n) is 5.55. The zero-order valence-corrected chi connectivity index (χ0v) is 12.7. The lowest BCUT2D eigenvalue weighted by Crippen LogP contribution is -2.30. The molecule has 0 amide bonds. The first-order chi connectivity index (χ1) is 9.09. The molecule has 0 aromatic heterocycles. The van der Waals surface area contributed by atoms with Crippen molar-refractivity contribution in [2.45, 2.75) is 33.7 Å². The van der Waals surface area contributed by atoms with Crippen LogP contribution in [-0.2, 0) is 11.3 Å². The average Bonchev–Trinajstić information content (AvgIpc) is 2.39. The van der Waals surface area contributed by atoms with Gasteiger partial charge in [-0.1, -0.05) is 32.0 Å². The normalized spacial score (nSPS) is 11.6. The second-order valence-corrected chi connectivity index (χ2v) is 5.55. The highest BCUT2D eigenvalue weighted by atomic mass is 16.5. The quantitative estimate of drug-likeness (QED) is 0.743. The minimum atomic E-state index is 0.247. The van der Waals surface area contributed by atoms with Crippen molar-refractivity contribution in [3.05, 3.63) is 29.8 Å². The molecule has 0 spiro atoms. The Kier molecular flexibility index (Phi) is 6.89. The monoisotopic (exact) mass is 265 g/mol. The van der Waals surface area contributed by atoms with Gasteiger partial charge in [-0.3, -0.25) is 0 Å². The number of hydrogen-bond donors (Lipinski definition) is 1. The first kappa shape index (κ1) is 16.0. The number of rotatable bonds is 9. The third-order valence-electron chi connectivity index (χ3n) is 3.17. The largest absolute Gasteiger partial charge is 0.494 e. The van der Waals surface area contributed by atoms with E-state index in [2.05, 4.69) is 31.3 Å². The van der Waals surface area contributed by atoms with Crippen LogP contribution in [0.1, 0.15) is 32.8 Å². The van der Waals surface area contributed by atoms with Crippen molar-refractivity contribution in [2.75, 3.05) is 26.9 Å². The SMILES string of the molecule is CCOc1ccccc1CNCC(C)(C)CCOC. The minimum absolute atomic E-state index is 0.247. The van der Waals surface area contributed by atoms with Crippen LogP contribution in [0.3, 0.4) is 0 Å². The molecule has 0 saturated heterocycles. The Morgan fingerprint density at radius 1 is 1.21 bits per heavy atom. The molecule has 3 heteroatoms. The maximum Gasteiger partial charge on any atom is 0.123 e. The Labute approximate surface area is 117 Å². The van der Waals surface area contributed by atoms with Crippen molar-refractivity contribution in [3.8, 4) is 5.75 Å². The van der Waals surface area contributed by atoms with E-state index in [1.165, 1.54) is 5.56 Å². The number of nitrogens with one attached hydrogen (secondary N) is 1. The van der Waals surface area contributed by atoms with E-state index in [9.17, 15) is 0 Å². The molecule has 0 heterocycles. The maximum absolute atomic E-state index is 5.62. The predicted molar refractivity (Wildman–Crippen MR) is 79.6 cm³/mol. The van der Waals surface area contributed by atoms with Crippen LogP contribution in [0.5, 0.6) is 5.75 Å². The smallest absolute Gasteiger partial charge is 0.123 e. The van der Waals surface area contributed by atoms with E-state index >= 15 is 0 Å². The molecule has 3 nitrogen and oxygen atoms in total. The summed E-state index contributed by atoms with van der Waals surface area (Å²) in [6.07, 6.45) is 1.06. The molecule has 0 aliphatic carbocycles. The van der Waals surface area contributed by atoms with Crippen LogP contribution in [0.4, 0.5) is 0 Å². The lowest BCUT2D eigenvalue weighted by Gasteiger charge is -2.25. The highest BCUT2D eigenvalue weighted by Crippen LogP contribution is 2.21. The van der Waals surface area contributed by atoms with Gasteiger partial charge in [-0.05, 0) is 24.8 Å². The second kappa shape index (κ2) is 8.18. The molecule has 0 saturated carbocycles. The first-order valence-corrected chi connectivity index (χ1v) is 6.99. The van der Waals surface area contributed by atoms with Crippen molar-refractivity contribution in [1.82, 2.24) is 5.32 Å². The van der Waals surface area contributed by atoms with Crippen molar-refractivity contribution in [3.63, 3.8) is 0 Å². The molecule has 0 radical (unpaired) electrons. The fraction of sp³-hybridized carbons (Fsp3) is 0.625. The van der Waals surface area contributed by atoms with Crippen molar-refractivity contribution in [2.24, 2.45) is 5.41 Å². The van der Waals surface area contributed by atoms with Crippen LogP contribution in [-0.4, -0.2) is 26.9 Å². The summed E-state index contributed by atoms with van der Waals surface area (Å²) < 4.78 is 10.8. The molecule has 0 aliphatic rings. The van der Waals surface area contributed by atoms with Gasteiger partial charge >= 0.3 is 0 Å². The van der Waals surface area contributed by atoms with E-state index in [0.717, 1.165) is 31.9 Å². The lowest BCUT2D eigenvalue weighted by molar-refractivity contribution is 0.150. The summed E-state index contributed by atoms with van der Waals surface area (Å²) in [5, 5.41) is 3.51. The van der Waals surface area contributed by atoms with Gasteiger partial charge in [-0.25, -0.2) is 0 Å². The van der Waals surface area contributed by atoms with Gasteiger partial charge in [-0.2, -0.15) is 0 Å². The van der Waals surface area contributed by atoms with E-state index < -0.39 is 0 Å². The van der Waals surface area contributed by atoms with Gasteiger partial charge in [0.25, 0.3) is 0 Å². The molecule has 1 aromatic rings. The van der Waals surface area contributed by atoms with Gasteiger partial charge in [0.05, 0.1) is 6.61 Å². The van der Waals surface area contributed by atoms with Crippen LogP contribution < -0.4 is 10.1 Å². The molecule has 0 atom stereocenters. The van der Waals surface area contributed by atoms with Gasteiger partial charge in [0.15, 0.2) is 0 Å². The van der Waals surface area contributed by atoms with Crippen LogP contribution in [0.2, 0.25) is 0 Å². The molecule has 1 rings (SSSR count). The number of ether oxygens (including phenoxy) is 2. The molecular weight excluding hydrogens is 238 g/mol. The van der Waals surface area contributed by atoms with Gasteiger partial charge in [0, 0.05) is 32.4 Å². The molecular formula is C16H27NO2. The van der Waals surface area contributed by atoms with Crippen molar-refractivity contribution < 1.29 is 9.47 Å². The maximum atomic E-state index is 5.62. The van der Waals surface area contributed by atoms with Crippen LogP contribution in [0.25, 0.3) is 0 Å². The van der Waals surface area contributed by atoms with Crippen LogP contribution in [0, 0.1) is 5.41 Å². The topological polar surface area (TPSA) is 30.5 Å². The molecule has 1 aromatic carbocycles. The van der Waals surface area contributed by atoms with E-state index in [-0.39, 0.29) is 5.41 Å². The average molecular weight is 265 g/mol. The molecule has 1 N–H and O–H groups in total. The van der Waals surface area contributed by atoms with Gasteiger partial charge in [0.1, 0.15) is 5.75 Å². The third kappa shape index (κ3) is 6.08. The summed E-state index contributed by atoms with van der Waals surface area (Å²) in [5.74, 6) is 0.979. The van der Waals surface area contributed by atoms with Crippen molar-refractivity contribution >= 4 is 0 Å². The summed E-state index contributed by atoms with van der Waals surface area (Å²) >= 11 is 0. The summed E-state index contributed by atoms with van der Waals surface area (Å²) in [7, 11) is 1.75. The lowest BCUT2D eigenvalue weighted by atomic mass is 9.89. The zero-order valence-electron chi connectivity index (χ0n) is 12.7. The number of hydrogen-bond acceptors (Lipinski definition) is 3. The van der Waals surface area contributed by atoms with Gasteiger partial charge in [0.2, 0.25) is 0 Å². The molecule has 19 heavy (non-hydrogen) atoms. The van der Waals surface area contributed by atoms with Gasteiger partial charge < -0.3 is 14.8 Å². The van der Waals surface area contributed by atoms with Crippen LogP contribution >= 0.6 is 0 Å². The highest BCUT2D eigenvalue weighted by molar-refractivity contribution is 5.33. The van der Waals surface area contributed by atoms with Gasteiger partial charge in [-0.15, -0.1) is 0 Å². The molecule has 0 bridgehead atoms. The Balaban J connectivity index is 2.44. The Morgan fingerprint density at radius 2 is 1.95 bits per heavy atom. The number of para-hydroxylation sites is 1. The molecule has 0 aliphatic heterocycles. The summed E-state index contributed by atoms with van der Waals surface area (Å²) in [6.45, 7) is 9.85. The van der Waals surface area contributed by atoms with Crippen LogP contribution in [0.15, 0.2) is 24.3 Å². The van der Waals surface area contributed by atoms with E-state index in [0.29, 0.717) is 6.61 Å². The highest BCUT2D eigenvalue weighted by Gasteiger charge is 2.17. The van der Waals surface area contributed by atoms with Crippen molar-refractivity contribution in [1.29, 1.82) is 0 Å². The molecule has 108 valence electrons. The summed E-state index contributed by atoms with van der Waals surface area (Å²) in [6, 6.07) is 8.20. The minimum Gasteiger partial charge on any atom is -0.494 e. The third-order valence-corrected chi connectivity index (χ3v) is 3.17. The standard InChI is InChI=1S/C16H27NO2/c1-5-19-15-9-7-6-8-14(15)12-17-13-16(2,3)10-11-18-4/h6-9,17H,5,10-13H2,1-4H3. The zero-order chi connectivity index (χ0) is 14.1. The first-order valence-electron chi connectivity index (χ1n) is 6.99. The Bertz CT molecular complexity index is 364. The Morgan fingerprint density at radius 3 is 2.63 bits per heavy atom.